The molecule has 0 aliphatic rings. The number of H-pyrrole nitrogens is 1. The molecule has 0 spiro atoms. The van der Waals surface area contributed by atoms with Crippen molar-refractivity contribution >= 4 is 41.4 Å². The van der Waals surface area contributed by atoms with Crippen molar-refractivity contribution in [2.75, 3.05) is 72.5 Å². The number of aromatic amines is 1. The number of carbonyl (C=O) groups is 7. The molecular formula is C48H85N7O13. The minimum atomic E-state index is -1.18. The van der Waals surface area contributed by atoms with Gasteiger partial charge in [0.1, 0.15) is 19.3 Å². The fourth-order valence-electron chi connectivity index (χ4n) is 7.14. The lowest BCUT2D eigenvalue weighted by Gasteiger charge is -2.15. The Morgan fingerprint density at radius 3 is 1.62 bits per heavy atom. The Morgan fingerprint density at radius 2 is 1.10 bits per heavy atom. The highest BCUT2D eigenvalue weighted by Gasteiger charge is 2.25. The summed E-state index contributed by atoms with van der Waals surface area (Å²) in [6, 6.07) is -1.95. The summed E-state index contributed by atoms with van der Waals surface area (Å²) in [5.41, 5.74) is 6.63. The highest BCUT2D eigenvalue weighted by molar-refractivity contribution is 5.88. The van der Waals surface area contributed by atoms with Crippen LogP contribution in [0, 0.1) is 5.92 Å². The van der Waals surface area contributed by atoms with Crippen LogP contribution in [-0.2, 0) is 58.9 Å². The number of nitrogens with two attached hydrogens (primary N) is 1. The molecule has 0 radical (unpaired) electrons. The van der Waals surface area contributed by atoms with Crippen LogP contribution in [0.1, 0.15) is 154 Å². The van der Waals surface area contributed by atoms with Crippen LogP contribution in [0.15, 0.2) is 12.5 Å². The molecule has 1 aromatic heterocycles. The lowest BCUT2D eigenvalue weighted by atomic mass is 9.92. The van der Waals surface area contributed by atoms with Crippen LogP contribution in [0.2, 0.25) is 0 Å². The van der Waals surface area contributed by atoms with Crippen LogP contribution in [0.5, 0.6) is 0 Å². The monoisotopic (exact) mass is 968 g/mol. The molecular weight excluding hydrogens is 883 g/mol. The predicted octanol–water partition coefficient (Wildman–Crippen LogP) is 4.14. The van der Waals surface area contributed by atoms with E-state index in [1.54, 1.807) is 6.20 Å². The number of hydrogen-bond acceptors (Lipinski definition) is 13. The van der Waals surface area contributed by atoms with E-state index < -0.39 is 29.9 Å². The van der Waals surface area contributed by atoms with E-state index in [-0.39, 0.29) is 134 Å². The van der Waals surface area contributed by atoms with Crippen LogP contribution in [0.4, 0.5) is 0 Å². The van der Waals surface area contributed by atoms with E-state index in [2.05, 4.69) is 38.2 Å². The number of ether oxygens (including phenoxy) is 4. The Hall–Kier alpha value is -4.50. The van der Waals surface area contributed by atoms with Crippen molar-refractivity contribution in [2.45, 2.75) is 167 Å². The lowest BCUT2D eigenvalue weighted by molar-refractivity contribution is -0.144. The van der Waals surface area contributed by atoms with Crippen LogP contribution < -0.4 is 27.0 Å². The van der Waals surface area contributed by atoms with E-state index in [0.717, 1.165) is 19.3 Å². The minimum Gasteiger partial charge on any atom is -0.481 e. The van der Waals surface area contributed by atoms with Gasteiger partial charge in [-0.2, -0.15) is 0 Å². The maximum absolute atomic E-state index is 12.4. The molecule has 1 rings (SSSR count). The molecule has 390 valence electrons. The second-order valence-corrected chi connectivity index (χ2v) is 17.2. The van der Waals surface area contributed by atoms with Gasteiger partial charge in [-0.3, -0.25) is 28.8 Å². The fourth-order valence-corrected chi connectivity index (χ4v) is 7.14. The Bertz CT molecular complexity index is 1500. The van der Waals surface area contributed by atoms with E-state index in [0.29, 0.717) is 31.5 Å². The van der Waals surface area contributed by atoms with Crippen molar-refractivity contribution in [3.8, 4) is 0 Å². The standard InChI is InChI=1S/C48H85N7O13/c1-2-3-4-5-6-7-8-9-10-11-12-13-14-15-16-20-44(58)55-41(48(63)64)21-22-43(57)52-24-26-65-28-31-68-36-46(60)53-25-27-66-29-30-67-35-45(59)51-23-18-17-19-38(47(61)62)32-42(56)40(49)33-39-34-50-37-54-39/h34,37-38,40-41H,2-33,35-36,49H2,1H3,(H,50,54)(H,51,59)(H,52,57)(H,53,60)(H,55,58)(H,61,62)(H,63,64)/t38-,40+,41+/m1/s1. The van der Waals surface area contributed by atoms with Crippen molar-refractivity contribution in [3.63, 3.8) is 0 Å². The number of aromatic nitrogens is 2. The van der Waals surface area contributed by atoms with E-state index in [1.807, 2.05) is 0 Å². The number of amides is 4. The summed E-state index contributed by atoms with van der Waals surface area (Å²) in [7, 11) is 0. The zero-order valence-electron chi connectivity index (χ0n) is 40.8. The molecule has 68 heavy (non-hydrogen) atoms. The second-order valence-electron chi connectivity index (χ2n) is 17.2. The van der Waals surface area contributed by atoms with Crippen LogP contribution in [0.3, 0.4) is 0 Å². The number of aliphatic carboxylic acids is 2. The highest BCUT2D eigenvalue weighted by atomic mass is 16.5. The van der Waals surface area contributed by atoms with Crippen molar-refractivity contribution in [1.29, 1.82) is 0 Å². The number of carboxylic acids is 2. The maximum atomic E-state index is 12.4. The quantitative estimate of drug-likeness (QED) is 0.0426. The molecule has 0 unspecified atom stereocenters. The number of nitrogens with zero attached hydrogens (tertiary/aromatic N) is 1. The van der Waals surface area contributed by atoms with Crippen molar-refractivity contribution in [3.05, 3.63) is 18.2 Å². The fraction of sp³-hybridized carbons (Fsp3) is 0.792. The van der Waals surface area contributed by atoms with E-state index in [1.165, 1.54) is 77.0 Å². The first-order chi connectivity index (χ1) is 32.9. The summed E-state index contributed by atoms with van der Waals surface area (Å²) in [5.74, 6) is -4.76. The van der Waals surface area contributed by atoms with Gasteiger partial charge in [0, 0.05) is 57.2 Å². The Morgan fingerprint density at radius 1 is 0.588 bits per heavy atom. The summed E-state index contributed by atoms with van der Waals surface area (Å²) in [4.78, 5) is 91.1. The molecule has 1 aromatic rings. The van der Waals surface area contributed by atoms with Crippen molar-refractivity contribution < 1.29 is 62.7 Å². The van der Waals surface area contributed by atoms with Crippen LogP contribution in [0.25, 0.3) is 0 Å². The SMILES string of the molecule is CCCCCCCCCCCCCCCCCC(=O)N[C@@H](CCC(=O)NCCOCCOCC(=O)NCCOCCOCC(=O)NCCCC[C@H](CC(=O)[C@@H](N)Cc1cnc[nH]1)C(=O)O)C(=O)O. The topological polar surface area (TPSA) is 300 Å². The van der Waals surface area contributed by atoms with Gasteiger partial charge in [-0.1, -0.05) is 103 Å². The Balaban J connectivity index is 1.93. The van der Waals surface area contributed by atoms with Gasteiger partial charge >= 0.3 is 11.9 Å². The normalized spacial score (nSPS) is 12.5. The van der Waals surface area contributed by atoms with Gasteiger partial charge in [0.15, 0.2) is 5.78 Å². The third-order valence-electron chi connectivity index (χ3n) is 11.2. The molecule has 20 nitrogen and oxygen atoms in total. The average molecular weight is 968 g/mol. The summed E-state index contributed by atoms with van der Waals surface area (Å²) < 4.78 is 21.4. The van der Waals surface area contributed by atoms with Gasteiger partial charge in [-0.05, 0) is 25.7 Å². The summed E-state index contributed by atoms with van der Waals surface area (Å²) in [6.45, 7) is 3.80. The summed E-state index contributed by atoms with van der Waals surface area (Å²) in [6.07, 6.45) is 23.0. The van der Waals surface area contributed by atoms with Crippen LogP contribution in [-0.4, -0.2) is 146 Å². The van der Waals surface area contributed by atoms with E-state index in [9.17, 15) is 43.8 Å². The molecule has 0 bridgehead atoms. The molecule has 1 heterocycles. The smallest absolute Gasteiger partial charge is 0.326 e. The maximum Gasteiger partial charge on any atom is 0.326 e. The number of unbranched alkanes of at least 4 members (excludes halogenated alkanes) is 15. The first-order valence-corrected chi connectivity index (χ1v) is 25.0. The number of ketones is 1. The second kappa shape index (κ2) is 42.6. The molecule has 20 heteroatoms. The van der Waals surface area contributed by atoms with Gasteiger partial charge in [0.05, 0.1) is 57.9 Å². The predicted molar refractivity (Wildman–Crippen MR) is 256 cm³/mol. The number of imidazole rings is 1. The Labute approximate surface area is 403 Å². The van der Waals surface area contributed by atoms with Crippen molar-refractivity contribution in [2.24, 2.45) is 11.7 Å². The first-order valence-electron chi connectivity index (χ1n) is 25.0. The van der Waals surface area contributed by atoms with Gasteiger partial charge in [-0.15, -0.1) is 0 Å². The van der Waals surface area contributed by atoms with Gasteiger partial charge in [0.25, 0.3) is 0 Å². The molecule has 0 aliphatic heterocycles. The summed E-state index contributed by atoms with van der Waals surface area (Å²) in [5, 5.41) is 29.6. The zero-order chi connectivity index (χ0) is 49.9. The zero-order valence-corrected chi connectivity index (χ0v) is 40.8. The number of carbonyl (C=O) groups excluding carboxylic acids is 5. The molecule has 0 saturated carbocycles. The number of Topliss-reactive ketones (excluding diaryl/α,β-unsaturated/α-hetero) is 1. The molecule has 9 N–H and O–H groups in total. The molecule has 3 atom stereocenters. The largest absolute Gasteiger partial charge is 0.481 e. The molecule has 0 fully saturated rings. The number of hydrogen-bond donors (Lipinski definition) is 8. The number of nitrogens with one attached hydrogen (secondary N) is 5. The van der Waals surface area contributed by atoms with Crippen LogP contribution >= 0.6 is 0 Å². The average Bonchev–Trinajstić information content (AvgIpc) is 3.83. The molecule has 0 aliphatic carbocycles. The minimum absolute atomic E-state index is 0.0207. The first kappa shape index (κ1) is 61.5. The third kappa shape index (κ3) is 36.5. The van der Waals surface area contributed by atoms with Gasteiger partial charge in [0.2, 0.25) is 23.6 Å². The summed E-state index contributed by atoms with van der Waals surface area (Å²) >= 11 is 0. The molecule has 0 saturated heterocycles. The van der Waals surface area contributed by atoms with E-state index in [4.69, 9.17) is 24.7 Å². The third-order valence-corrected chi connectivity index (χ3v) is 11.2. The van der Waals surface area contributed by atoms with E-state index >= 15 is 0 Å². The molecule has 0 aromatic carbocycles. The van der Waals surface area contributed by atoms with Crippen molar-refractivity contribution in [1.82, 2.24) is 31.2 Å². The van der Waals surface area contributed by atoms with Gasteiger partial charge < -0.3 is 61.1 Å². The highest BCUT2D eigenvalue weighted by Crippen LogP contribution is 2.16. The number of carboxylic acid groups (broad SMARTS) is 2. The lowest BCUT2D eigenvalue weighted by Crippen LogP contribution is -2.41. The molecule has 4 amide bonds. The van der Waals surface area contributed by atoms with Gasteiger partial charge in [-0.25, -0.2) is 9.78 Å². The number of rotatable bonds is 48. The Kier molecular flexibility index (Phi) is 38.5.